The van der Waals surface area contributed by atoms with E-state index in [4.69, 9.17) is 17.3 Å². The monoisotopic (exact) mass is 435 g/mol. The SMILES string of the molecule is CC1(C)CN(C(=O)Cc2csc(-c3ccccc3Cl)n2)CCC1N.Cl.Cl. The molecule has 0 bridgehead atoms. The van der Waals surface area contributed by atoms with E-state index in [-0.39, 0.29) is 42.2 Å². The minimum atomic E-state index is -0.0429. The van der Waals surface area contributed by atoms with Gasteiger partial charge >= 0.3 is 0 Å². The average Bonchev–Trinajstić information content (AvgIpc) is 2.98. The first-order chi connectivity index (χ1) is 11.4. The Kier molecular flexibility index (Phi) is 8.36. The normalized spacial score (nSPS) is 18.6. The second kappa shape index (κ2) is 9.38. The van der Waals surface area contributed by atoms with E-state index in [1.54, 1.807) is 0 Å². The molecule has 4 nitrogen and oxygen atoms in total. The molecule has 1 amide bonds. The van der Waals surface area contributed by atoms with Gasteiger partial charge in [0.25, 0.3) is 0 Å². The molecule has 1 aromatic carbocycles. The summed E-state index contributed by atoms with van der Waals surface area (Å²) >= 11 is 7.74. The fourth-order valence-electron chi connectivity index (χ4n) is 3.00. The molecule has 1 aliphatic heterocycles. The highest BCUT2D eigenvalue weighted by Crippen LogP contribution is 2.31. The number of piperidine rings is 1. The Morgan fingerprint density at radius 3 is 2.73 bits per heavy atom. The molecule has 0 aliphatic carbocycles. The Balaban J connectivity index is 0.00000169. The Labute approximate surface area is 175 Å². The molecule has 1 unspecified atom stereocenters. The highest BCUT2D eigenvalue weighted by molar-refractivity contribution is 7.13. The van der Waals surface area contributed by atoms with E-state index in [1.165, 1.54) is 11.3 Å². The first-order valence-electron chi connectivity index (χ1n) is 8.09. The number of rotatable bonds is 3. The van der Waals surface area contributed by atoms with Crippen molar-refractivity contribution >= 4 is 53.7 Å². The number of aromatic nitrogens is 1. The van der Waals surface area contributed by atoms with Crippen LogP contribution in [0, 0.1) is 5.41 Å². The van der Waals surface area contributed by atoms with E-state index >= 15 is 0 Å². The number of carbonyl (C=O) groups is 1. The summed E-state index contributed by atoms with van der Waals surface area (Å²) in [4.78, 5) is 19.1. The van der Waals surface area contributed by atoms with Gasteiger partial charge in [-0.2, -0.15) is 0 Å². The van der Waals surface area contributed by atoms with Crippen LogP contribution in [-0.4, -0.2) is 34.9 Å². The van der Waals surface area contributed by atoms with Crippen molar-refractivity contribution in [2.75, 3.05) is 13.1 Å². The molecule has 8 heteroatoms. The lowest BCUT2D eigenvalue weighted by molar-refractivity contribution is -0.133. The standard InChI is InChI=1S/C18H22ClN3OS.2ClH/c1-18(2)11-22(8-7-15(18)20)16(23)9-12-10-24-17(21-12)13-5-3-4-6-14(13)19;;/h3-6,10,15H,7-9,11,20H2,1-2H3;2*1H. The van der Waals surface area contributed by atoms with Gasteiger partial charge in [-0.05, 0) is 17.9 Å². The smallest absolute Gasteiger partial charge is 0.228 e. The highest BCUT2D eigenvalue weighted by atomic mass is 35.5. The number of hydrogen-bond acceptors (Lipinski definition) is 4. The van der Waals surface area contributed by atoms with E-state index in [2.05, 4.69) is 18.8 Å². The van der Waals surface area contributed by atoms with Crippen molar-refractivity contribution in [1.82, 2.24) is 9.88 Å². The summed E-state index contributed by atoms with van der Waals surface area (Å²) in [5.74, 6) is 0.117. The predicted molar refractivity (Wildman–Crippen MR) is 114 cm³/mol. The van der Waals surface area contributed by atoms with E-state index in [0.29, 0.717) is 18.0 Å². The summed E-state index contributed by atoms with van der Waals surface area (Å²) in [6.07, 6.45) is 1.17. The quantitative estimate of drug-likeness (QED) is 0.774. The van der Waals surface area contributed by atoms with Crippen LogP contribution in [0.15, 0.2) is 29.6 Å². The van der Waals surface area contributed by atoms with Crippen molar-refractivity contribution in [1.29, 1.82) is 0 Å². The van der Waals surface area contributed by atoms with Gasteiger partial charge < -0.3 is 10.6 Å². The Morgan fingerprint density at radius 1 is 1.38 bits per heavy atom. The maximum absolute atomic E-state index is 12.6. The number of carbonyl (C=O) groups excluding carboxylic acids is 1. The number of halogens is 3. The largest absolute Gasteiger partial charge is 0.342 e. The molecule has 1 atom stereocenters. The van der Waals surface area contributed by atoms with Crippen LogP contribution >= 0.6 is 47.8 Å². The van der Waals surface area contributed by atoms with E-state index in [9.17, 15) is 4.79 Å². The van der Waals surface area contributed by atoms with Gasteiger partial charge in [-0.25, -0.2) is 4.98 Å². The zero-order valence-corrected chi connectivity index (χ0v) is 18.0. The van der Waals surface area contributed by atoms with Crippen LogP contribution in [0.5, 0.6) is 0 Å². The maximum atomic E-state index is 12.6. The van der Waals surface area contributed by atoms with Crippen LogP contribution in [0.4, 0.5) is 0 Å². The average molecular weight is 437 g/mol. The maximum Gasteiger partial charge on any atom is 0.228 e. The summed E-state index contributed by atoms with van der Waals surface area (Å²) in [6, 6.07) is 7.77. The fraction of sp³-hybridized carbons (Fsp3) is 0.444. The van der Waals surface area contributed by atoms with E-state index in [0.717, 1.165) is 29.2 Å². The van der Waals surface area contributed by atoms with Gasteiger partial charge in [0.15, 0.2) is 0 Å². The minimum Gasteiger partial charge on any atom is -0.342 e. The fourth-order valence-corrected chi connectivity index (χ4v) is 4.14. The molecule has 1 aliphatic rings. The highest BCUT2D eigenvalue weighted by Gasteiger charge is 2.35. The third-order valence-corrected chi connectivity index (χ3v) is 5.91. The van der Waals surface area contributed by atoms with E-state index in [1.807, 2.05) is 34.5 Å². The number of likely N-dealkylation sites (tertiary alicyclic amines) is 1. The molecule has 0 saturated carbocycles. The number of hydrogen-bond donors (Lipinski definition) is 1. The molecule has 1 saturated heterocycles. The van der Waals surface area contributed by atoms with Crippen molar-refractivity contribution in [3.63, 3.8) is 0 Å². The molecule has 0 spiro atoms. The number of nitrogens with two attached hydrogens (primary N) is 1. The molecule has 0 radical (unpaired) electrons. The summed E-state index contributed by atoms with van der Waals surface area (Å²) in [5, 5.41) is 3.47. The van der Waals surface area contributed by atoms with Gasteiger partial charge in [0.2, 0.25) is 5.91 Å². The van der Waals surface area contributed by atoms with Gasteiger partial charge in [0, 0.05) is 30.1 Å². The van der Waals surface area contributed by atoms with Crippen molar-refractivity contribution in [3.8, 4) is 10.6 Å². The lowest BCUT2D eigenvalue weighted by Gasteiger charge is -2.42. The molecule has 1 fully saturated rings. The van der Waals surface area contributed by atoms with Crippen molar-refractivity contribution in [3.05, 3.63) is 40.4 Å². The lowest BCUT2D eigenvalue weighted by Crippen LogP contribution is -2.54. The summed E-state index contributed by atoms with van der Waals surface area (Å²) in [6.45, 7) is 5.67. The van der Waals surface area contributed by atoms with Gasteiger partial charge in [-0.15, -0.1) is 36.2 Å². The molecule has 2 aromatic rings. The number of amides is 1. The molecule has 2 heterocycles. The second-order valence-electron chi connectivity index (χ2n) is 7.00. The first kappa shape index (κ1) is 23.2. The molecular formula is C18H24Cl3N3OS. The zero-order chi connectivity index (χ0) is 17.3. The number of thiazole rings is 1. The second-order valence-corrected chi connectivity index (χ2v) is 8.26. The third kappa shape index (κ3) is 5.11. The van der Waals surface area contributed by atoms with Crippen molar-refractivity contribution in [2.45, 2.75) is 32.7 Å². The van der Waals surface area contributed by atoms with Gasteiger partial charge in [-0.1, -0.05) is 43.6 Å². The summed E-state index contributed by atoms with van der Waals surface area (Å²) < 4.78 is 0. The van der Waals surface area contributed by atoms with Crippen LogP contribution < -0.4 is 5.73 Å². The Morgan fingerprint density at radius 2 is 2.08 bits per heavy atom. The third-order valence-electron chi connectivity index (χ3n) is 4.65. The minimum absolute atomic E-state index is 0. The van der Waals surface area contributed by atoms with Crippen molar-refractivity contribution < 1.29 is 4.79 Å². The Bertz CT molecular complexity index is 751. The van der Waals surface area contributed by atoms with Crippen molar-refractivity contribution in [2.24, 2.45) is 11.1 Å². The number of benzene rings is 1. The van der Waals surface area contributed by atoms with Crippen LogP contribution in [0.25, 0.3) is 10.6 Å². The van der Waals surface area contributed by atoms with E-state index < -0.39 is 0 Å². The molecule has 26 heavy (non-hydrogen) atoms. The number of nitrogens with zero attached hydrogens (tertiary/aromatic N) is 2. The lowest BCUT2D eigenvalue weighted by atomic mass is 9.79. The zero-order valence-electron chi connectivity index (χ0n) is 14.8. The molecule has 2 N–H and O–H groups in total. The molecular weight excluding hydrogens is 413 g/mol. The van der Waals surface area contributed by atoms with Crippen LogP contribution in [0.1, 0.15) is 26.0 Å². The van der Waals surface area contributed by atoms with Gasteiger partial charge in [0.1, 0.15) is 5.01 Å². The first-order valence-corrected chi connectivity index (χ1v) is 9.35. The Hall–Kier alpha value is -0.850. The van der Waals surface area contributed by atoms with Crippen LogP contribution in [0.2, 0.25) is 5.02 Å². The van der Waals surface area contributed by atoms with Crippen LogP contribution in [-0.2, 0) is 11.2 Å². The summed E-state index contributed by atoms with van der Waals surface area (Å²) in [5.41, 5.74) is 7.81. The molecule has 3 rings (SSSR count). The summed E-state index contributed by atoms with van der Waals surface area (Å²) in [7, 11) is 0. The van der Waals surface area contributed by atoms with Gasteiger partial charge in [0.05, 0.1) is 17.1 Å². The van der Waals surface area contributed by atoms with Crippen LogP contribution in [0.3, 0.4) is 0 Å². The predicted octanol–water partition coefficient (Wildman–Crippen LogP) is 4.44. The van der Waals surface area contributed by atoms with Gasteiger partial charge in [-0.3, -0.25) is 4.79 Å². The molecule has 144 valence electrons. The molecule has 1 aromatic heterocycles. The topological polar surface area (TPSA) is 59.2 Å².